The van der Waals surface area contributed by atoms with E-state index in [9.17, 15) is 5.11 Å². The molecule has 0 saturated carbocycles. The number of rotatable bonds is 4. The molecule has 0 aliphatic rings. The van der Waals surface area contributed by atoms with Crippen LogP contribution in [-0.2, 0) is 4.74 Å². The highest BCUT2D eigenvalue weighted by Crippen LogP contribution is 2.11. The third-order valence-corrected chi connectivity index (χ3v) is 1.38. The first-order valence-corrected chi connectivity index (χ1v) is 3.84. The van der Waals surface area contributed by atoms with Crippen LogP contribution in [0.5, 0.6) is 0 Å². The van der Waals surface area contributed by atoms with Gasteiger partial charge < -0.3 is 9.84 Å². The van der Waals surface area contributed by atoms with Crippen molar-refractivity contribution < 1.29 is 9.84 Å². The molecular formula is C8H18O2. The molecule has 1 unspecified atom stereocenters. The second kappa shape index (κ2) is 3.94. The lowest BCUT2D eigenvalue weighted by Crippen LogP contribution is -2.28. The summed E-state index contributed by atoms with van der Waals surface area (Å²) in [4.78, 5) is 0. The van der Waals surface area contributed by atoms with Crippen molar-refractivity contribution in [2.45, 2.75) is 39.9 Å². The molecule has 1 atom stereocenters. The van der Waals surface area contributed by atoms with E-state index in [1.807, 2.05) is 6.92 Å². The first-order chi connectivity index (χ1) is 4.48. The molecule has 0 radical (unpaired) electrons. The van der Waals surface area contributed by atoms with Gasteiger partial charge in [0.1, 0.15) is 0 Å². The first kappa shape index (κ1) is 9.92. The van der Waals surface area contributed by atoms with Crippen molar-refractivity contribution in [3.05, 3.63) is 0 Å². The molecule has 0 aromatic heterocycles. The van der Waals surface area contributed by atoms with Crippen LogP contribution in [0.1, 0.15) is 34.1 Å². The highest BCUT2D eigenvalue weighted by molar-refractivity contribution is 4.55. The van der Waals surface area contributed by atoms with E-state index in [4.69, 9.17) is 4.74 Å². The van der Waals surface area contributed by atoms with Crippen molar-refractivity contribution >= 4 is 0 Å². The molecule has 0 aliphatic heterocycles. The van der Waals surface area contributed by atoms with Crippen LogP contribution in [0.2, 0.25) is 0 Å². The average molecular weight is 146 g/mol. The molecule has 10 heavy (non-hydrogen) atoms. The predicted molar refractivity (Wildman–Crippen MR) is 41.7 cm³/mol. The van der Waals surface area contributed by atoms with E-state index in [0.29, 0.717) is 18.9 Å². The number of hydrogen-bond acceptors (Lipinski definition) is 2. The second-order valence-corrected chi connectivity index (χ2v) is 3.23. The molecule has 0 bridgehead atoms. The minimum Gasteiger partial charge on any atom is -0.366 e. The Labute approximate surface area is 63.2 Å². The Morgan fingerprint density at radius 2 is 2.00 bits per heavy atom. The Balaban J connectivity index is 3.46. The standard InChI is InChI=1S/C8H18O2/c1-5-8(4,9)10-6-7(2)3/h7,9H,5-6H2,1-4H3. The molecule has 0 heterocycles. The van der Waals surface area contributed by atoms with Gasteiger partial charge in [-0.25, -0.2) is 0 Å². The maximum absolute atomic E-state index is 9.35. The van der Waals surface area contributed by atoms with E-state index in [0.717, 1.165) is 0 Å². The first-order valence-electron chi connectivity index (χ1n) is 3.84. The number of hydrogen-bond donors (Lipinski definition) is 1. The molecule has 0 saturated heterocycles. The molecule has 0 aliphatic carbocycles. The normalized spacial score (nSPS) is 17.4. The van der Waals surface area contributed by atoms with Crippen molar-refractivity contribution in [3.63, 3.8) is 0 Å². The molecule has 2 nitrogen and oxygen atoms in total. The predicted octanol–water partition coefficient (Wildman–Crippen LogP) is 1.78. The summed E-state index contributed by atoms with van der Waals surface area (Å²) in [5.74, 6) is -0.442. The minimum absolute atomic E-state index is 0.484. The van der Waals surface area contributed by atoms with Gasteiger partial charge in [0.2, 0.25) is 0 Å². The second-order valence-electron chi connectivity index (χ2n) is 3.23. The fraction of sp³-hybridized carbons (Fsp3) is 1.00. The van der Waals surface area contributed by atoms with Gasteiger partial charge in [-0.05, 0) is 19.3 Å². The van der Waals surface area contributed by atoms with Gasteiger partial charge in [-0.15, -0.1) is 0 Å². The summed E-state index contributed by atoms with van der Waals surface area (Å²) in [6.45, 7) is 8.34. The molecule has 62 valence electrons. The Morgan fingerprint density at radius 1 is 1.50 bits per heavy atom. The van der Waals surface area contributed by atoms with E-state index >= 15 is 0 Å². The third kappa shape index (κ3) is 4.77. The van der Waals surface area contributed by atoms with E-state index in [1.54, 1.807) is 6.92 Å². The quantitative estimate of drug-likeness (QED) is 0.612. The van der Waals surface area contributed by atoms with Crippen LogP contribution in [-0.4, -0.2) is 17.5 Å². The molecule has 2 heteroatoms. The zero-order valence-corrected chi connectivity index (χ0v) is 7.35. The van der Waals surface area contributed by atoms with Crippen LogP contribution in [0.15, 0.2) is 0 Å². The Morgan fingerprint density at radius 3 is 2.30 bits per heavy atom. The topological polar surface area (TPSA) is 29.5 Å². The molecule has 1 N–H and O–H groups in total. The van der Waals surface area contributed by atoms with Crippen LogP contribution in [0.3, 0.4) is 0 Å². The lowest BCUT2D eigenvalue weighted by Gasteiger charge is -2.22. The van der Waals surface area contributed by atoms with Gasteiger partial charge in [-0.1, -0.05) is 20.8 Å². The highest BCUT2D eigenvalue weighted by atomic mass is 16.6. The Kier molecular flexibility index (Phi) is 3.91. The van der Waals surface area contributed by atoms with E-state index in [2.05, 4.69) is 13.8 Å². The maximum atomic E-state index is 9.35. The van der Waals surface area contributed by atoms with Crippen LogP contribution in [0.25, 0.3) is 0 Å². The van der Waals surface area contributed by atoms with Gasteiger partial charge >= 0.3 is 0 Å². The zero-order valence-electron chi connectivity index (χ0n) is 7.35. The van der Waals surface area contributed by atoms with Gasteiger partial charge in [0.15, 0.2) is 5.79 Å². The monoisotopic (exact) mass is 146 g/mol. The fourth-order valence-electron chi connectivity index (χ4n) is 0.448. The van der Waals surface area contributed by atoms with Crippen molar-refractivity contribution in [2.24, 2.45) is 5.92 Å². The summed E-state index contributed by atoms with van der Waals surface area (Å²) in [5.41, 5.74) is 0. The SMILES string of the molecule is CCC(C)(O)OCC(C)C. The number of aliphatic hydroxyl groups is 1. The van der Waals surface area contributed by atoms with Crippen molar-refractivity contribution in [1.29, 1.82) is 0 Å². The van der Waals surface area contributed by atoms with E-state index < -0.39 is 5.79 Å². The highest BCUT2D eigenvalue weighted by Gasteiger charge is 2.17. The third-order valence-electron chi connectivity index (χ3n) is 1.38. The maximum Gasteiger partial charge on any atom is 0.162 e. The summed E-state index contributed by atoms with van der Waals surface area (Å²) in [6, 6.07) is 0. The van der Waals surface area contributed by atoms with Gasteiger partial charge in [0, 0.05) is 0 Å². The molecular weight excluding hydrogens is 128 g/mol. The van der Waals surface area contributed by atoms with Gasteiger partial charge in [-0.2, -0.15) is 0 Å². The largest absolute Gasteiger partial charge is 0.366 e. The number of ether oxygens (including phenoxy) is 1. The van der Waals surface area contributed by atoms with Gasteiger partial charge in [0.05, 0.1) is 6.61 Å². The van der Waals surface area contributed by atoms with Crippen molar-refractivity contribution in [3.8, 4) is 0 Å². The fourth-order valence-corrected chi connectivity index (χ4v) is 0.448. The summed E-state index contributed by atoms with van der Waals surface area (Å²) in [5, 5.41) is 9.35. The summed E-state index contributed by atoms with van der Waals surface area (Å²) in [6.07, 6.45) is 0.639. The molecule has 0 aromatic carbocycles. The molecule has 0 amide bonds. The lowest BCUT2D eigenvalue weighted by atomic mass is 10.2. The summed E-state index contributed by atoms with van der Waals surface area (Å²) < 4.78 is 5.20. The Bertz CT molecular complexity index is 87.3. The minimum atomic E-state index is -0.926. The van der Waals surface area contributed by atoms with Crippen LogP contribution in [0, 0.1) is 5.92 Å². The van der Waals surface area contributed by atoms with Gasteiger partial charge in [-0.3, -0.25) is 0 Å². The molecule has 0 fully saturated rings. The summed E-state index contributed by atoms with van der Waals surface area (Å²) >= 11 is 0. The smallest absolute Gasteiger partial charge is 0.162 e. The van der Waals surface area contributed by atoms with Crippen LogP contribution < -0.4 is 0 Å². The van der Waals surface area contributed by atoms with Crippen LogP contribution in [0.4, 0.5) is 0 Å². The van der Waals surface area contributed by atoms with Crippen molar-refractivity contribution in [2.75, 3.05) is 6.61 Å². The summed E-state index contributed by atoms with van der Waals surface area (Å²) in [7, 11) is 0. The Hall–Kier alpha value is -0.0800. The van der Waals surface area contributed by atoms with Gasteiger partial charge in [0.25, 0.3) is 0 Å². The molecule has 0 rings (SSSR count). The zero-order chi connectivity index (χ0) is 8.20. The molecule has 0 spiro atoms. The van der Waals surface area contributed by atoms with E-state index in [1.165, 1.54) is 0 Å². The average Bonchev–Trinajstić information content (AvgIpc) is 1.85. The lowest BCUT2D eigenvalue weighted by molar-refractivity contribution is -0.196. The van der Waals surface area contributed by atoms with Crippen molar-refractivity contribution in [1.82, 2.24) is 0 Å². The molecule has 0 aromatic rings. The van der Waals surface area contributed by atoms with E-state index in [-0.39, 0.29) is 0 Å². The van der Waals surface area contributed by atoms with Crippen LogP contribution >= 0.6 is 0 Å².